The van der Waals surface area contributed by atoms with Crippen molar-refractivity contribution in [2.75, 3.05) is 0 Å². The Hall–Kier alpha value is -1.05. The Bertz CT molecular complexity index is 168. The van der Waals surface area contributed by atoms with Gasteiger partial charge in [0.05, 0.1) is 6.10 Å². The van der Waals surface area contributed by atoms with E-state index in [2.05, 4.69) is 11.6 Å². The summed E-state index contributed by atoms with van der Waals surface area (Å²) in [6, 6.07) is 0. The standard InChI is InChI=1S/C9H15NO/c1-5-6-7-10-9(4)11-8(2)3/h5-8H,1H2,2-4H3/b7-6-,10-9+. The number of rotatable bonds is 3. The fourth-order valence-electron chi connectivity index (χ4n) is 0.580. The van der Waals surface area contributed by atoms with E-state index in [0.29, 0.717) is 5.90 Å². The summed E-state index contributed by atoms with van der Waals surface area (Å²) in [5, 5.41) is 0. The summed E-state index contributed by atoms with van der Waals surface area (Å²) in [6.45, 7) is 9.29. The zero-order valence-corrected chi connectivity index (χ0v) is 7.37. The average molecular weight is 153 g/mol. The van der Waals surface area contributed by atoms with E-state index in [1.165, 1.54) is 0 Å². The average Bonchev–Trinajstić information content (AvgIpc) is 1.86. The molecule has 0 bridgehead atoms. The molecule has 62 valence electrons. The van der Waals surface area contributed by atoms with Gasteiger partial charge in [0.15, 0.2) is 5.90 Å². The van der Waals surface area contributed by atoms with Crippen LogP contribution < -0.4 is 0 Å². The van der Waals surface area contributed by atoms with Crippen molar-refractivity contribution < 1.29 is 4.74 Å². The maximum Gasteiger partial charge on any atom is 0.184 e. The fraction of sp³-hybridized carbons (Fsp3) is 0.444. The van der Waals surface area contributed by atoms with Crippen molar-refractivity contribution in [2.24, 2.45) is 4.99 Å². The lowest BCUT2D eigenvalue weighted by Crippen LogP contribution is -2.07. The Morgan fingerprint density at radius 3 is 2.64 bits per heavy atom. The molecule has 0 saturated carbocycles. The predicted molar refractivity (Wildman–Crippen MR) is 48.7 cm³/mol. The van der Waals surface area contributed by atoms with Gasteiger partial charge in [-0.15, -0.1) is 0 Å². The highest BCUT2D eigenvalue weighted by Gasteiger charge is 1.92. The van der Waals surface area contributed by atoms with E-state index in [9.17, 15) is 0 Å². The normalized spacial score (nSPS) is 12.5. The van der Waals surface area contributed by atoms with Crippen LogP contribution >= 0.6 is 0 Å². The molecule has 0 spiro atoms. The van der Waals surface area contributed by atoms with Gasteiger partial charge in [0.1, 0.15) is 0 Å². The topological polar surface area (TPSA) is 21.6 Å². The Morgan fingerprint density at radius 2 is 2.18 bits per heavy atom. The maximum absolute atomic E-state index is 5.26. The number of allylic oxidation sites excluding steroid dienone is 2. The summed E-state index contributed by atoms with van der Waals surface area (Å²) >= 11 is 0. The molecule has 0 fully saturated rings. The van der Waals surface area contributed by atoms with E-state index in [4.69, 9.17) is 4.74 Å². The van der Waals surface area contributed by atoms with Crippen molar-refractivity contribution in [3.8, 4) is 0 Å². The number of ether oxygens (including phenoxy) is 1. The summed E-state index contributed by atoms with van der Waals surface area (Å²) < 4.78 is 5.26. The van der Waals surface area contributed by atoms with Crippen molar-refractivity contribution in [3.05, 3.63) is 24.9 Å². The molecule has 0 saturated heterocycles. The van der Waals surface area contributed by atoms with E-state index in [0.717, 1.165) is 0 Å². The van der Waals surface area contributed by atoms with Crippen LogP contribution in [0.5, 0.6) is 0 Å². The highest BCUT2D eigenvalue weighted by Crippen LogP contribution is 1.91. The molecule has 0 N–H and O–H groups in total. The second-order valence-corrected chi connectivity index (χ2v) is 2.39. The molecular weight excluding hydrogens is 138 g/mol. The Kier molecular flexibility index (Phi) is 5.17. The first kappa shape index (κ1) is 9.95. The van der Waals surface area contributed by atoms with Gasteiger partial charge in [0, 0.05) is 13.1 Å². The van der Waals surface area contributed by atoms with Crippen molar-refractivity contribution in [1.82, 2.24) is 0 Å². The SMILES string of the molecule is C=C/C=C\N=C(/C)OC(C)C. The minimum atomic E-state index is 0.191. The summed E-state index contributed by atoms with van der Waals surface area (Å²) in [7, 11) is 0. The van der Waals surface area contributed by atoms with Crippen LogP contribution in [0.3, 0.4) is 0 Å². The van der Waals surface area contributed by atoms with Crippen molar-refractivity contribution in [3.63, 3.8) is 0 Å². The minimum Gasteiger partial charge on any atom is -0.478 e. The van der Waals surface area contributed by atoms with E-state index < -0.39 is 0 Å². The van der Waals surface area contributed by atoms with Gasteiger partial charge < -0.3 is 4.74 Å². The molecule has 0 aliphatic carbocycles. The highest BCUT2D eigenvalue weighted by atomic mass is 16.5. The maximum atomic E-state index is 5.26. The van der Waals surface area contributed by atoms with E-state index >= 15 is 0 Å². The molecule has 0 aliphatic rings. The monoisotopic (exact) mass is 153 g/mol. The molecule has 0 heterocycles. The van der Waals surface area contributed by atoms with Crippen LogP contribution in [0.4, 0.5) is 0 Å². The van der Waals surface area contributed by atoms with Crippen LogP contribution in [-0.2, 0) is 4.74 Å². The molecule has 0 aliphatic heterocycles. The van der Waals surface area contributed by atoms with Crippen molar-refractivity contribution in [1.29, 1.82) is 0 Å². The molecule has 0 aromatic carbocycles. The number of hydrogen-bond donors (Lipinski definition) is 0. The van der Waals surface area contributed by atoms with Gasteiger partial charge in [0.2, 0.25) is 0 Å². The van der Waals surface area contributed by atoms with Crippen LogP contribution in [0.25, 0.3) is 0 Å². The molecule has 0 rings (SSSR count). The number of hydrogen-bond acceptors (Lipinski definition) is 2. The Morgan fingerprint density at radius 1 is 1.55 bits per heavy atom. The van der Waals surface area contributed by atoms with Crippen molar-refractivity contribution >= 4 is 5.90 Å². The third kappa shape index (κ3) is 6.84. The third-order valence-corrected chi connectivity index (χ3v) is 0.885. The van der Waals surface area contributed by atoms with Crippen molar-refractivity contribution in [2.45, 2.75) is 26.9 Å². The van der Waals surface area contributed by atoms with Crippen LogP contribution in [-0.4, -0.2) is 12.0 Å². The number of nitrogens with zero attached hydrogens (tertiary/aromatic N) is 1. The Labute approximate surface area is 68.3 Å². The van der Waals surface area contributed by atoms with Gasteiger partial charge in [-0.25, -0.2) is 4.99 Å². The molecule has 0 radical (unpaired) electrons. The van der Waals surface area contributed by atoms with Crippen LogP contribution in [0.2, 0.25) is 0 Å². The largest absolute Gasteiger partial charge is 0.478 e. The van der Waals surface area contributed by atoms with Gasteiger partial charge in [-0.2, -0.15) is 0 Å². The van der Waals surface area contributed by atoms with E-state index in [-0.39, 0.29) is 6.10 Å². The molecule has 0 amide bonds. The fourth-order valence-corrected chi connectivity index (χ4v) is 0.580. The van der Waals surface area contributed by atoms with Gasteiger partial charge >= 0.3 is 0 Å². The minimum absolute atomic E-state index is 0.191. The second kappa shape index (κ2) is 5.71. The molecule has 0 aromatic heterocycles. The van der Waals surface area contributed by atoms with Crippen LogP contribution in [0, 0.1) is 0 Å². The second-order valence-electron chi connectivity index (χ2n) is 2.39. The zero-order valence-electron chi connectivity index (χ0n) is 7.37. The molecule has 0 unspecified atom stereocenters. The summed E-state index contributed by atoms with van der Waals surface area (Å²) in [5.41, 5.74) is 0. The molecular formula is C9H15NO. The summed E-state index contributed by atoms with van der Waals surface area (Å²) in [5.74, 6) is 0.679. The first-order valence-corrected chi connectivity index (χ1v) is 3.65. The van der Waals surface area contributed by atoms with Gasteiger partial charge in [-0.1, -0.05) is 12.7 Å². The van der Waals surface area contributed by atoms with Gasteiger partial charge in [-0.05, 0) is 19.9 Å². The van der Waals surface area contributed by atoms with Crippen LogP contribution in [0.15, 0.2) is 29.9 Å². The molecule has 11 heavy (non-hydrogen) atoms. The molecule has 0 atom stereocenters. The predicted octanol–water partition coefficient (Wildman–Crippen LogP) is 2.53. The van der Waals surface area contributed by atoms with E-state index in [1.54, 1.807) is 18.4 Å². The lowest BCUT2D eigenvalue weighted by atomic mass is 10.5. The Balaban J connectivity index is 3.80. The molecule has 0 aromatic rings. The summed E-state index contributed by atoms with van der Waals surface area (Å²) in [4.78, 5) is 4.00. The first-order valence-electron chi connectivity index (χ1n) is 3.65. The quantitative estimate of drug-likeness (QED) is 0.347. The smallest absolute Gasteiger partial charge is 0.184 e. The molecule has 2 heteroatoms. The third-order valence-electron chi connectivity index (χ3n) is 0.885. The number of aliphatic imine (C=N–C) groups is 1. The highest BCUT2D eigenvalue weighted by molar-refractivity contribution is 5.73. The van der Waals surface area contributed by atoms with Gasteiger partial charge in [0.25, 0.3) is 0 Å². The lowest BCUT2D eigenvalue weighted by Gasteiger charge is -2.06. The summed E-state index contributed by atoms with van der Waals surface area (Å²) in [6.07, 6.45) is 5.28. The lowest BCUT2D eigenvalue weighted by molar-refractivity contribution is 0.226. The zero-order chi connectivity index (χ0) is 8.69. The van der Waals surface area contributed by atoms with Crippen LogP contribution in [0.1, 0.15) is 20.8 Å². The first-order chi connectivity index (χ1) is 5.16. The van der Waals surface area contributed by atoms with E-state index in [1.807, 2.05) is 20.8 Å². The van der Waals surface area contributed by atoms with Gasteiger partial charge in [-0.3, -0.25) is 0 Å². The molecule has 2 nitrogen and oxygen atoms in total.